The van der Waals surface area contributed by atoms with Crippen LogP contribution >= 0.6 is 0 Å². The van der Waals surface area contributed by atoms with Crippen LogP contribution in [0.15, 0.2) is 47.3 Å². The first-order valence-corrected chi connectivity index (χ1v) is 9.30. The minimum absolute atomic E-state index is 0.106. The summed E-state index contributed by atoms with van der Waals surface area (Å²) >= 11 is 0. The Balaban J connectivity index is 1.86. The van der Waals surface area contributed by atoms with Crippen LogP contribution in [0.4, 0.5) is 8.78 Å². The highest BCUT2D eigenvalue weighted by molar-refractivity contribution is 6.13. The molecular weight excluding hydrogens is 424 g/mol. The Morgan fingerprint density at radius 1 is 1.22 bits per heavy atom. The highest BCUT2D eigenvalue weighted by atomic mass is 19.1. The van der Waals surface area contributed by atoms with Gasteiger partial charge in [0.25, 0.3) is 5.65 Å². The van der Waals surface area contributed by atoms with Gasteiger partial charge in [-0.25, -0.2) is 18.7 Å². The number of carbonyl (C=O) groups is 1. The van der Waals surface area contributed by atoms with Crippen LogP contribution in [0.5, 0.6) is 11.6 Å². The number of fused-ring (bicyclic) bond motifs is 1. The molecule has 0 aliphatic carbocycles. The number of rotatable bonds is 4. The number of hydrogen-bond acceptors (Lipinski definition) is 6. The molecule has 0 bridgehead atoms. The highest BCUT2D eigenvalue weighted by Crippen LogP contribution is 2.44. The van der Waals surface area contributed by atoms with Gasteiger partial charge in [0.1, 0.15) is 34.2 Å². The number of carbonyl (C=O) groups excluding carboxylic acids is 1. The molecule has 11 heteroatoms. The number of nitrogens with one attached hydrogen (secondary N) is 2. The third-order valence-electron chi connectivity index (χ3n) is 4.91. The van der Waals surface area contributed by atoms with E-state index in [0.29, 0.717) is 11.3 Å². The second-order valence-corrected chi connectivity index (χ2v) is 6.96. The number of hydrogen-bond donors (Lipinski definition) is 3. The number of ketones is 1. The number of aryl methyl sites for hydroxylation is 1. The molecule has 0 atom stereocenters. The van der Waals surface area contributed by atoms with Crippen molar-refractivity contribution in [2.75, 3.05) is 0 Å². The Morgan fingerprint density at radius 2 is 2.03 bits per heavy atom. The molecular formula is C21H14F2N5O4+. The Labute approximate surface area is 177 Å². The van der Waals surface area contributed by atoms with Crippen LogP contribution in [0.2, 0.25) is 0 Å². The number of furan rings is 1. The molecule has 4 heterocycles. The zero-order chi connectivity index (χ0) is 22.6. The molecule has 0 aliphatic rings. The molecule has 160 valence electrons. The van der Waals surface area contributed by atoms with Crippen LogP contribution in [0.3, 0.4) is 0 Å². The smallest absolute Gasteiger partial charge is 0.406 e. The standard InChI is InChI=1S/C21H13F2N5O4/c1-9-2-5-14(32-9)17(29)15-16(11-6-10(22)3-4-12(11)23)28(20(31)18(15)30)21-24-7-13-19(27-21)26-8-25-13/h2-8,30-31H,1H3,(H,24,25,26,27)/p+1. The van der Waals surface area contributed by atoms with Crippen LogP contribution in [0.1, 0.15) is 21.9 Å². The lowest BCUT2D eigenvalue weighted by atomic mass is 10.0. The SMILES string of the molecule is Cc1ccc(C(=O)c2c(O)c(O)n(-c3nc4nc[nH]c4c[nH+]3)c2-c2cc(F)ccc2F)o1. The first kappa shape index (κ1) is 19.4. The summed E-state index contributed by atoms with van der Waals surface area (Å²) in [5, 5.41) is 21.4. The number of H-pyrrole nitrogens is 2. The van der Waals surface area contributed by atoms with Crippen molar-refractivity contribution in [3.8, 4) is 28.8 Å². The van der Waals surface area contributed by atoms with Crippen LogP contribution in [0.25, 0.3) is 28.4 Å². The van der Waals surface area contributed by atoms with Crippen LogP contribution in [-0.2, 0) is 0 Å². The van der Waals surface area contributed by atoms with Crippen molar-refractivity contribution in [1.29, 1.82) is 0 Å². The van der Waals surface area contributed by atoms with Crippen molar-refractivity contribution in [1.82, 2.24) is 19.5 Å². The lowest BCUT2D eigenvalue weighted by Crippen LogP contribution is -2.17. The predicted octanol–water partition coefficient (Wildman–Crippen LogP) is 3.05. The summed E-state index contributed by atoms with van der Waals surface area (Å²) in [5.41, 5.74) is -0.421. The van der Waals surface area contributed by atoms with E-state index in [1.54, 1.807) is 6.92 Å². The average molecular weight is 438 g/mol. The number of benzene rings is 1. The van der Waals surface area contributed by atoms with Gasteiger partial charge in [0.05, 0.1) is 18.1 Å². The van der Waals surface area contributed by atoms with Gasteiger partial charge in [0, 0.05) is 0 Å². The predicted molar refractivity (Wildman–Crippen MR) is 105 cm³/mol. The molecule has 5 aromatic rings. The third kappa shape index (κ3) is 2.90. The van der Waals surface area contributed by atoms with Gasteiger partial charge in [-0.3, -0.25) is 4.79 Å². The minimum atomic E-state index is -0.893. The molecule has 1 aromatic carbocycles. The van der Waals surface area contributed by atoms with Gasteiger partial charge >= 0.3 is 11.8 Å². The number of aromatic nitrogens is 5. The molecule has 32 heavy (non-hydrogen) atoms. The molecule has 9 nitrogen and oxygen atoms in total. The summed E-state index contributed by atoms with van der Waals surface area (Å²) in [6, 6.07) is 5.53. The van der Waals surface area contributed by atoms with Crippen molar-refractivity contribution in [3.63, 3.8) is 0 Å². The summed E-state index contributed by atoms with van der Waals surface area (Å²) in [6.45, 7) is 1.62. The fraction of sp³-hybridized carbons (Fsp3) is 0.0476. The van der Waals surface area contributed by atoms with E-state index in [1.807, 2.05) is 0 Å². The molecule has 0 radical (unpaired) electrons. The van der Waals surface area contributed by atoms with Gasteiger partial charge in [-0.15, -0.1) is 0 Å². The van der Waals surface area contributed by atoms with Crippen molar-refractivity contribution in [2.24, 2.45) is 0 Å². The Morgan fingerprint density at radius 3 is 2.78 bits per heavy atom. The van der Waals surface area contributed by atoms with Gasteiger partial charge in [0.15, 0.2) is 5.76 Å². The van der Waals surface area contributed by atoms with E-state index in [2.05, 4.69) is 19.9 Å². The molecule has 4 aromatic heterocycles. The Hall–Kier alpha value is -4.54. The first-order chi connectivity index (χ1) is 15.3. The van der Waals surface area contributed by atoms with Crippen LogP contribution < -0.4 is 4.98 Å². The zero-order valence-electron chi connectivity index (χ0n) is 16.3. The minimum Gasteiger partial charge on any atom is -0.501 e. The quantitative estimate of drug-likeness (QED) is 0.370. The fourth-order valence-corrected chi connectivity index (χ4v) is 3.46. The zero-order valence-corrected chi connectivity index (χ0v) is 16.3. The van der Waals surface area contributed by atoms with E-state index in [4.69, 9.17) is 4.42 Å². The summed E-state index contributed by atoms with van der Waals surface area (Å²) in [7, 11) is 0. The first-order valence-electron chi connectivity index (χ1n) is 9.30. The molecule has 0 aliphatic heterocycles. The lowest BCUT2D eigenvalue weighted by Gasteiger charge is -2.06. The molecule has 0 spiro atoms. The van der Waals surface area contributed by atoms with Crippen molar-refractivity contribution >= 4 is 16.9 Å². The number of nitrogens with zero attached hydrogens (tertiary/aromatic N) is 3. The number of imidazole rings is 1. The van der Waals surface area contributed by atoms with Crippen molar-refractivity contribution in [2.45, 2.75) is 6.92 Å². The number of halogens is 2. The summed E-state index contributed by atoms with van der Waals surface area (Å²) in [6.07, 6.45) is 2.87. The van der Waals surface area contributed by atoms with Crippen LogP contribution in [-0.4, -0.2) is 35.5 Å². The van der Waals surface area contributed by atoms with E-state index < -0.39 is 34.6 Å². The molecule has 4 N–H and O–H groups in total. The third-order valence-corrected chi connectivity index (χ3v) is 4.91. The van der Waals surface area contributed by atoms with Gasteiger partial charge < -0.3 is 19.6 Å². The van der Waals surface area contributed by atoms with Crippen molar-refractivity contribution in [3.05, 3.63) is 71.6 Å². The second-order valence-electron chi connectivity index (χ2n) is 6.96. The van der Waals surface area contributed by atoms with E-state index in [9.17, 15) is 23.8 Å². The molecule has 0 saturated heterocycles. The van der Waals surface area contributed by atoms with E-state index in [1.165, 1.54) is 24.7 Å². The summed E-state index contributed by atoms with van der Waals surface area (Å²) in [5.74, 6) is -4.03. The second kappa shape index (κ2) is 7.01. The van der Waals surface area contributed by atoms with Gasteiger partial charge in [-0.2, -0.15) is 4.57 Å². The Bertz CT molecular complexity index is 1520. The normalized spacial score (nSPS) is 11.3. The van der Waals surface area contributed by atoms with Gasteiger partial charge in [-0.05, 0) is 42.2 Å². The molecule has 0 amide bonds. The Kier molecular flexibility index (Phi) is 4.26. The van der Waals surface area contributed by atoms with E-state index in [0.717, 1.165) is 22.8 Å². The van der Waals surface area contributed by atoms with Gasteiger partial charge in [-0.1, -0.05) is 0 Å². The maximum absolute atomic E-state index is 14.8. The number of aromatic hydroxyl groups is 2. The molecule has 0 fully saturated rings. The topological polar surface area (TPSA) is 131 Å². The maximum atomic E-state index is 14.8. The fourth-order valence-electron chi connectivity index (χ4n) is 3.46. The lowest BCUT2D eigenvalue weighted by molar-refractivity contribution is -0.375. The molecule has 5 rings (SSSR count). The highest BCUT2D eigenvalue weighted by Gasteiger charge is 2.37. The molecule has 0 saturated carbocycles. The average Bonchev–Trinajstić information content (AvgIpc) is 3.48. The largest absolute Gasteiger partial charge is 0.501 e. The number of aromatic amines is 2. The van der Waals surface area contributed by atoms with E-state index >= 15 is 0 Å². The molecule has 0 unspecified atom stereocenters. The maximum Gasteiger partial charge on any atom is 0.406 e. The van der Waals surface area contributed by atoms with Crippen molar-refractivity contribution < 1.29 is 33.2 Å². The van der Waals surface area contributed by atoms with E-state index in [-0.39, 0.29) is 28.6 Å². The van der Waals surface area contributed by atoms with Crippen LogP contribution in [0, 0.1) is 18.6 Å². The van der Waals surface area contributed by atoms with Gasteiger partial charge in [0.2, 0.25) is 11.5 Å². The summed E-state index contributed by atoms with van der Waals surface area (Å²) < 4.78 is 35.1. The monoisotopic (exact) mass is 438 g/mol. The summed E-state index contributed by atoms with van der Waals surface area (Å²) in [4.78, 5) is 27.1.